The van der Waals surface area contributed by atoms with E-state index < -0.39 is 5.91 Å². The van der Waals surface area contributed by atoms with Crippen molar-refractivity contribution in [3.8, 4) is 5.75 Å². The van der Waals surface area contributed by atoms with Gasteiger partial charge < -0.3 is 16.2 Å². The Kier molecular flexibility index (Phi) is 4.52. The average Bonchev–Trinajstić information content (AvgIpc) is 2.38. The topological polar surface area (TPSA) is 78.3 Å². The number of anilines is 1. The molecular formula is C14H12BrClN2O2. The molecular weight excluding hydrogens is 344 g/mol. The van der Waals surface area contributed by atoms with Crippen molar-refractivity contribution in [3.63, 3.8) is 0 Å². The summed E-state index contributed by atoms with van der Waals surface area (Å²) in [4.78, 5) is 11.0. The molecule has 20 heavy (non-hydrogen) atoms. The van der Waals surface area contributed by atoms with E-state index in [4.69, 9.17) is 27.8 Å². The summed E-state index contributed by atoms with van der Waals surface area (Å²) < 4.78 is 6.35. The van der Waals surface area contributed by atoms with Crippen LogP contribution < -0.4 is 16.2 Å². The third-order valence-electron chi connectivity index (χ3n) is 2.66. The van der Waals surface area contributed by atoms with Crippen LogP contribution in [0.4, 0.5) is 5.69 Å². The van der Waals surface area contributed by atoms with Crippen LogP contribution in [-0.2, 0) is 6.61 Å². The molecule has 4 N–H and O–H groups in total. The summed E-state index contributed by atoms with van der Waals surface area (Å²) in [7, 11) is 0. The zero-order valence-electron chi connectivity index (χ0n) is 10.4. The summed E-state index contributed by atoms with van der Waals surface area (Å²) in [6.07, 6.45) is 0. The van der Waals surface area contributed by atoms with Crippen LogP contribution in [0.5, 0.6) is 5.75 Å². The maximum Gasteiger partial charge on any atom is 0.248 e. The molecule has 4 nitrogen and oxygen atoms in total. The lowest BCUT2D eigenvalue weighted by Gasteiger charge is -2.11. The predicted molar refractivity (Wildman–Crippen MR) is 82.9 cm³/mol. The van der Waals surface area contributed by atoms with Gasteiger partial charge in [-0.25, -0.2) is 0 Å². The number of halogens is 2. The number of hydrogen-bond donors (Lipinski definition) is 2. The molecule has 1 amide bonds. The van der Waals surface area contributed by atoms with Crippen molar-refractivity contribution in [2.45, 2.75) is 6.61 Å². The molecule has 0 heterocycles. The number of amides is 1. The van der Waals surface area contributed by atoms with Crippen LogP contribution in [-0.4, -0.2) is 5.91 Å². The Hall–Kier alpha value is -1.72. The van der Waals surface area contributed by atoms with E-state index in [0.717, 1.165) is 5.56 Å². The van der Waals surface area contributed by atoms with Gasteiger partial charge >= 0.3 is 0 Å². The molecule has 0 spiro atoms. The standard InChI is InChI=1S/C14H12BrClN2O2/c15-11-5-10(16)6-12(17)13(11)20-7-8-1-3-9(4-2-8)14(18)19/h1-6H,7,17H2,(H2,18,19). The summed E-state index contributed by atoms with van der Waals surface area (Å²) in [6.45, 7) is 0.323. The van der Waals surface area contributed by atoms with Crippen LogP contribution in [0.3, 0.4) is 0 Å². The zero-order chi connectivity index (χ0) is 14.7. The van der Waals surface area contributed by atoms with Gasteiger partial charge in [-0.1, -0.05) is 23.7 Å². The molecule has 6 heteroatoms. The first kappa shape index (κ1) is 14.7. The van der Waals surface area contributed by atoms with E-state index in [-0.39, 0.29) is 0 Å². The van der Waals surface area contributed by atoms with Crippen LogP contribution in [0.1, 0.15) is 15.9 Å². The summed E-state index contributed by atoms with van der Waals surface area (Å²) in [5.41, 5.74) is 12.8. The SMILES string of the molecule is NC(=O)c1ccc(COc2c(N)cc(Cl)cc2Br)cc1. The highest BCUT2D eigenvalue weighted by molar-refractivity contribution is 9.10. The molecule has 0 saturated carbocycles. The van der Waals surface area contributed by atoms with Crippen LogP contribution in [0.25, 0.3) is 0 Å². The van der Waals surface area contributed by atoms with Crippen molar-refractivity contribution >= 4 is 39.1 Å². The van der Waals surface area contributed by atoms with Crippen molar-refractivity contribution in [2.24, 2.45) is 5.73 Å². The summed E-state index contributed by atoms with van der Waals surface area (Å²) in [5.74, 6) is 0.0792. The van der Waals surface area contributed by atoms with Gasteiger partial charge in [0, 0.05) is 10.6 Å². The molecule has 0 saturated heterocycles. The number of rotatable bonds is 4. The lowest BCUT2D eigenvalue weighted by atomic mass is 10.1. The molecule has 0 aromatic heterocycles. The fourth-order valence-corrected chi connectivity index (χ4v) is 2.60. The second kappa shape index (κ2) is 6.15. The number of carbonyl (C=O) groups excluding carboxylic acids is 1. The van der Waals surface area contributed by atoms with Gasteiger partial charge in [0.15, 0.2) is 5.75 Å². The second-order valence-electron chi connectivity index (χ2n) is 4.16. The number of nitrogen functional groups attached to an aromatic ring is 1. The molecule has 0 aliphatic carbocycles. The second-order valence-corrected chi connectivity index (χ2v) is 5.45. The molecule has 2 rings (SSSR count). The van der Waals surface area contributed by atoms with E-state index in [1.54, 1.807) is 36.4 Å². The number of carbonyl (C=O) groups is 1. The first-order chi connectivity index (χ1) is 9.47. The van der Waals surface area contributed by atoms with Crippen molar-refractivity contribution in [2.75, 3.05) is 5.73 Å². The maximum absolute atomic E-state index is 11.0. The first-order valence-electron chi connectivity index (χ1n) is 5.73. The van der Waals surface area contributed by atoms with E-state index >= 15 is 0 Å². The van der Waals surface area contributed by atoms with E-state index in [1.165, 1.54) is 0 Å². The number of benzene rings is 2. The summed E-state index contributed by atoms with van der Waals surface area (Å²) >= 11 is 9.23. The van der Waals surface area contributed by atoms with Gasteiger partial charge in [-0.3, -0.25) is 4.79 Å². The Bertz CT molecular complexity index is 621. The van der Waals surface area contributed by atoms with Crippen LogP contribution in [0.15, 0.2) is 40.9 Å². The van der Waals surface area contributed by atoms with Crippen molar-refractivity contribution in [1.29, 1.82) is 0 Å². The maximum atomic E-state index is 11.0. The Morgan fingerprint density at radius 3 is 2.45 bits per heavy atom. The largest absolute Gasteiger partial charge is 0.486 e. The van der Waals surface area contributed by atoms with Gasteiger partial charge in [-0.15, -0.1) is 0 Å². The highest BCUT2D eigenvalue weighted by atomic mass is 79.9. The lowest BCUT2D eigenvalue weighted by Crippen LogP contribution is -2.10. The number of primary amides is 1. The van der Waals surface area contributed by atoms with Crippen LogP contribution in [0, 0.1) is 0 Å². The molecule has 0 unspecified atom stereocenters. The monoisotopic (exact) mass is 354 g/mol. The third-order valence-corrected chi connectivity index (χ3v) is 3.47. The Morgan fingerprint density at radius 1 is 1.25 bits per heavy atom. The molecule has 0 bridgehead atoms. The van der Waals surface area contributed by atoms with E-state index in [9.17, 15) is 4.79 Å². The van der Waals surface area contributed by atoms with Crippen molar-refractivity contribution < 1.29 is 9.53 Å². The number of ether oxygens (including phenoxy) is 1. The quantitative estimate of drug-likeness (QED) is 0.825. The van der Waals surface area contributed by atoms with Gasteiger partial charge in [0.1, 0.15) is 6.61 Å². The molecule has 0 aliphatic rings. The normalized spacial score (nSPS) is 10.3. The average molecular weight is 356 g/mol. The van der Waals surface area contributed by atoms with Gasteiger partial charge in [0.05, 0.1) is 10.2 Å². The minimum absolute atomic E-state index is 0.323. The van der Waals surface area contributed by atoms with Crippen LogP contribution >= 0.6 is 27.5 Å². The highest BCUT2D eigenvalue weighted by Crippen LogP contribution is 2.35. The van der Waals surface area contributed by atoms with Gasteiger partial charge in [0.2, 0.25) is 5.91 Å². The minimum Gasteiger partial charge on any atom is -0.486 e. The molecule has 0 aliphatic heterocycles. The minimum atomic E-state index is -0.456. The third kappa shape index (κ3) is 3.43. The molecule has 2 aromatic rings. The number of hydrogen-bond acceptors (Lipinski definition) is 3. The van der Waals surface area contributed by atoms with Crippen molar-refractivity contribution in [1.82, 2.24) is 0 Å². The summed E-state index contributed by atoms with van der Waals surface area (Å²) in [5, 5.41) is 0.535. The molecule has 2 aromatic carbocycles. The predicted octanol–water partition coefficient (Wildman–Crippen LogP) is 3.36. The fraction of sp³-hybridized carbons (Fsp3) is 0.0714. The first-order valence-corrected chi connectivity index (χ1v) is 6.90. The Labute approximate surface area is 129 Å². The van der Waals surface area contributed by atoms with Crippen molar-refractivity contribution in [3.05, 3.63) is 57.0 Å². The highest BCUT2D eigenvalue weighted by Gasteiger charge is 2.08. The molecule has 0 radical (unpaired) electrons. The smallest absolute Gasteiger partial charge is 0.248 e. The van der Waals surface area contributed by atoms with E-state index in [2.05, 4.69) is 15.9 Å². The lowest BCUT2D eigenvalue weighted by molar-refractivity contribution is 0.1000. The van der Waals surface area contributed by atoms with Gasteiger partial charge in [-0.05, 0) is 45.8 Å². The van der Waals surface area contributed by atoms with E-state index in [0.29, 0.717) is 33.1 Å². The van der Waals surface area contributed by atoms with E-state index in [1.807, 2.05) is 0 Å². The molecule has 104 valence electrons. The number of nitrogens with two attached hydrogens (primary N) is 2. The van der Waals surface area contributed by atoms with Gasteiger partial charge in [0.25, 0.3) is 0 Å². The Morgan fingerprint density at radius 2 is 1.90 bits per heavy atom. The fourth-order valence-electron chi connectivity index (χ4n) is 1.65. The van der Waals surface area contributed by atoms with Crippen LogP contribution in [0.2, 0.25) is 5.02 Å². The Balaban J connectivity index is 2.11. The van der Waals surface area contributed by atoms with Gasteiger partial charge in [-0.2, -0.15) is 0 Å². The summed E-state index contributed by atoms with van der Waals surface area (Å²) in [6, 6.07) is 10.2. The molecule has 0 fully saturated rings. The zero-order valence-corrected chi connectivity index (χ0v) is 12.7. The molecule has 0 atom stereocenters.